The zero-order valence-electron chi connectivity index (χ0n) is 12.2. The van der Waals surface area contributed by atoms with Crippen LogP contribution in [0.4, 0.5) is 0 Å². The number of carbonyl (C=O) groups is 1. The van der Waals surface area contributed by atoms with Gasteiger partial charge in [-0.1, -0.05) is 13.8 Å². The number of carbonyl (C=O) groups excluding carboxylic acids is 1. The number of hydrogen-bond donors (Lipinski definition) is 0. The maximum absolute atomic E-state index is 12.9. The van der Waals surface area contributed by atoms with Gasteiger partial charge in [-0.05, 0) is 68.6 Å². The molecule has 19 heavy (non-hydrogen) atoms. The molecule has 0 heterocycles. The van der Waals surface area contributed by atoms with Crippen molar-refractivity contribution in [3.05, 3.63) is 0 Å². The first kappa shape index (κ1) is 13.2. The fourth-order valence-electron chi connectivity index (χ4n) is 5.47. The smallest absolute Gasteiger partial charge is 0.156 e. The van der Waals surface area contributed by atoms with Crippen molar-refractivity contribution in [1.29, 1.82) is 5.26 Å². The number of nitrogens with zero attached hydrogens (tertiary/aromatic N) is 1. The second-order valence-corrected chi connectivity index (χ2v) is 7.87. The Labute approximate surface area is 116 Å². The average molecular weight is 259 g/mol. The Morgan fingerprint density at radius 2 is 1.63 bits per heavy atom. The van der Waals surface area contributed by atoms with Gasteiger partial charge in [0.25, 0.3) is 0 Å². The van der Waals surface area contributed by atoms with Gasteiger partial charge < -0.3 is 0 Å². The molecule has 4 aliphatic rings. The lowest BCUT2D eigenvalue weighted by Gasteiger charge is -2.56. The third kappa shape index (κ3) is 2.22. The Balaban J connectivity index is 1.81. The van der Waals surface area contributed by atoms with Gasteiger partial charge in [-0.3, -0.25) is 4.79 Å². The second-order valence-electron chi connectivity index (χ2n) is 7.87. The third-order valence-corrected chi connectivity index (χ3v) is 5.74. The standard InChI is InChI=1S/C17H25NO/c1-11(2)3-15(10-18)16(19)17-7-12-4-13(8-17)6-14(5-12)9-17/h11-15H,3-9H2,1-2H3. The van der Waals surface area contributed by atoms with Crippen molar-refractivity contribution < 1.29 is 4.79 Å². The van der Waals surface area contributed by atoms with Crippen LogP contribution in [0.5, 0.6) is 0 Å². The Morgan fingerprint density at radius 1 is 1.16 bits per heavy atom. The molecule has 4 aliphatic carbocycles. The highest BCUT2D eigenvalue weighted by Gasteiger charge is 2.55. The first-order valence-corrected chi connectivity index (χ1v) is 7.96. The van der Waals surface area contributed by atoms with Gasteiger partial charge in [0.05, 0.1) is 6.07 Å². The topological polar surface area (TPSA) is 40.9 Å². The van der Waals surface area contributed by atoms with E-state index in [0.29, 0.717) is 11.7 Å². The molecule has 0 amide bonds. The molecule has 1 atom stereocenters. The number of Topliss-reactive ketones (excluding diaryl/α,β-unsaturated/α-hetero) is 1. The Hall–Kier alpha value is -0.840. The first-order chi connectivity index (χ1) is 9.02. The molecule has 1 unspecified atom stereocenters. The summed E-state index contributed by atoms with van der Waals surface area (Å²) in [7, 11) is 0. The van der Waals surface area contributed by atoms with E-state index in [1.807, 2.05) is 0 Å². The predicted molar refractivity (Wildman–Crippen MR) is 74.2 cm³/mol. The second kappa shape index (κ2) is 4.62. The average Bonchev–Trinajstić information content (AvgIpc) is 2.33. The molecular weight excluding hydrogens is 234 g/mol. The Bertz CT molecular complexity index is 382. The normalized spacial score (nSPS) is 41.3. The number of rotatable bonds is 4. The van der Waals surface area contributed by atoms with Crippen LogP contribution in [0.1, 0.15) is 58.8 Å². The number of hydrogen-bond acceptors (Lipinski definition) is 2. The highest BCUT2D eigenvalue weighted by atomic mass is 16.1. The molecule has 0 radical (unpaired) electrons. The van der Waals surface area contributed by atoms with Crippen molar-refractivity contribution in [2.24, 2.45) is 35.0 Å². The van der Waals surface area contributed by atoms with E-state index in [1.54, 1.807) is 0 Å². The highest BCUT2D eigenvalue weighted by molar-refractivity contribution is 5.89. The molecule has 0 aromatic heterocycles. The molecule has 0 spiro atoms. The molecule has 0 aromatic rings. The molecule has 4 fully saturated rings. The number of ketones is 1. The lowest BCUT2D eigenvalue weighted by molar-refractivity contribution is -0.146. The summed E-state index contributed by atoms with van der Waals surface area (Å²) < 4.78 is 0. The molecule has 4 rings (SSSR count). The zero-order chi connectivity index (χ0) is 13.6. The summed E-state index contributed by atoms with van der Waals surface area (Å²) in [4.78, 5) is 12.9. The Kier molecular flexibility index (Phi) is 3.20. The van der Waals surface area contributed by atoms with E-state index in [-0.39, 0.29) is 11.3 Å². The van der Waals surface area contributed by atoms with Gasteiger partial charge in [0.2, 0.25) is 0 Å². The van der Waals surface area contributed by atoms with Crippen molar-refractivity contribution in [2.75, 3.05) is 0 Å². The summed E-state index contributed by atoms with van der Waals surface area (Å²) in [6.07, 6.45) is 8.09. The maximum atomic E-state index is 12.9. The van der Waals surface area contributed by atoms with Crippen LogP contribution in [0.15, 0.2) is 0 Å². The molecule has 2 heteroatoms. The van der Waals surface area contributed by atoms with Crippen LogP contribution < -0.4 is 0 Å². The van der Waals surface area contributed by atoms with Gasteiger partial charge in [0.15, 0.2) is 5.78 Å². The van der Waals surface area contributed by atoms with E-state index in [9.17, 15) is 10.1 Å². The maximum Gasteiger partial charge on any atom is 0.156 e. The zero-order valence-corrected chi connectivity index (χ0v) is 12.2. The largest absolute Gasteiger partial charge is 0.298 e. The molecule has 0 N–H and O–H groups in total. The summed E-state index contributed by atoms with van der Waals surface area (Å²) in [6, 6.07) is 2.31. The molecule has 104 valence electrons. The van der Waals surface area contributed by atoms with Crippen LogP contribution in [0.3, 0.4) is 0 Å². The van der Waals surface area contributed by atoms with E-state index in [4.69, 9.17) is 0 Å². The minimum atomic E-state index is -0.351. The highest BCUT2D eigenvalue weighted by Crippen LogP contribution is 2.61. The lowest BCUT2D eigenvalue weighted by Crippen LogP contribution is -2.51. The molecule has 0 aromatic carbocycles. The van der Waals surface area contributed by atoms with Crippen molar-refractivity contribution in [3.63, 3.8) is 0 Å². The summed E-state index contributed by atoms with van der Waals surface area (Å²) in [5, 5.41) is 9.38. The van der Waals surface area contributed by atoms with Crippen LogP contribution in [0.2, 0.25) is 0 Å². The molecular formula is C17H25NO. The van der Waals surface area contributed by atoms with Gasteiger partial charge in [-0.25, -0.2) is 0 Å². The van der Waals surface area contributed by atoms with Crippen LogP contribution in [0.25, 0.3) is 0 Å². The fraction of sp³-hybridized carbons (Fsp3) is 0.882. The van der Waals surface area contributed by atoms with Gasteiger partial charge in [0, 0.05) is 5.41 Å². The van der Waals surface area contributed by atoms with Crippen molar-refractivity contribution in [1.82, 2.24) is 0 Å². The third-order valence-electron chi connectivity index (χ3n) is 5.74. The minimum absolute atomic E-state index is 0.0932. The van der Waals surface area contributed by atoms with Gasteiger partial charge >= 0.3 is 0 Å². The van der Waals surface area contributed by atoms with Gasteiger partial charge in [0.1, 0.15) is 5.92 Å². The summed E-state index contributed by atoms with van der Waals surface area (Å²) >= 11 is 0. The molecule has 2 nitrogen and oxygen atoms in total. The summed E-state index contributed by atoms with van der Waals surface area (Å²) in [5.41, 5.74) is -0.0932. The quantitative estimate of drug-likeness (QED) is 0.766. The van der Waals surface area contributed by atoms with Crippen LogP contribution in [0, 0.1) is 46.3 Å². The SMILES string of the molecule is CC(C)CC(C#N)C(=O)C12CC3CC(CC(C3)C1)C2. The van der Waals surface area contributed by atoms with E-state index >= 15 is 0 Å². The number of nitriles is 1. The summed E-state index contributed by atoms with van der Waals surface area (Å²) in [5.74, 6) is 2.75. The minimum Gasteiger partial charge on any atom is -0.298 e. The predicted octanol–water partition coefficient (Wildman–Crippen LogP) is 3.96. The monoisotopic (exact) mass is 259 g/mol. The van der Waals surface area contributed by atoms with E-state index in [2.05, 4.69) is 19.9 Å². The van der Waals surface area contributed by atoms with E-state index in [1.165, 1.54) is 19.3 Å². The van der Waals surface area contributed by atoms with E-state index < -0.39 is 0 Å². The molecule has 0 saturated heterocycles. The van der Waals surface area contributed by atoms with Gasteiger partial charge in [-0.15, -0.1) is 0 Å². The molecule has 4 saturated carbocycles. The molecule has 4 bridgehead atoms. The van der Waals surface area contributed by atoms with Crippen LogP contribution in [-0.2, 0) is 4.79 Å². The fourth-order valence-corrected chi connectivity index (χ4v) is 5.47. The van der Waals surface area contributed by atoms with Crippen LogP contribution in [-0.4, -0.2) is 5.78 Å². The Morgan fingerprint density at radius 3 is 2.00 bits per heavy atom. The van der Waals surface area contributed by atoms with Gasteiger partial charge in [-0.2, -0.15) is 5.26 Å². The lowest BCUT2D eigenvalue weighted by atomic mass is 9.47. The summed E-state index contributed by atoms with van der Waals surface area (Å²) in [6.45, 7) is 4.22. The van der Waals surface area contributed by atoms with Crippen molar-refractivity contribution in [2.45, 2.75) is 58.8 Å². The van der Waals surface area contributed by atoms with Crippen LogP contribution >= 0.6 is 0 Å². The van der Waals surface area contributed by atoms with Crippen molar-refractivity contribution >= 4 is 5.78 Å². The molecule has 0 aliphatic heterocycles. The first-order valence-electron chi connectivity index (χ1n) is 7.96. The van der Waals surface area contributed by atoms with Crippen molar-refractivity contribution in [3.8, 4) is 6.07 Å². The van der Waals surface area contributed by atoms with E-state index in [0.717, 1.165) is 43.4 Å².